The van der Waals surface area contributed by atoms with Gasteiger partial charge in [-0.1, -0.05) is 12.1 Å². The topological polar surface area (TPSA) is 67.9 Å². The third-order valence-corrected chi connectivity index (χ3v) is 5.63. The average molecular weight is 408 g/mol. The van der Waals surface area contributed by atoms with E-state index in [0.29, 0.717) is 29.2 Å². The van der Waals surface area contributed by atoms with Gasteiger partial charge in [0, 0.05) is 25.3 Å². The molecule has 0 bridgehead atoms. The molecule has 1 atom stereocenters. The molecule has 2 aliphatic rings. The first-order valence-electron chi connectivity index (χ1n) is 10.7. The Kier molecular flexibility index (Phi) is 6.64. The summed E-state index contributed by atoms with van der Waals surface area (Å²) in [4.78, 5) is 27.5. The highest BCUT2D eigenvalue weighted by Gasteiger charge is 2.21. The van der Waals surface area contributed by atoms with E-state index in [0.717, 1.165) is 51.8 Å². The predicted octanol–water partition coefficient (Wildman–Crippen LogP) is 4.12. The zero-order chi connectivity index (χ0) is 20.8. The van der Waals surface area contributed by atoms with Crippen molar-refractivity contribution in [2.75, 3.05) is 31.6 Å². The number of carbonyl (C=O) groups is 2. The van der Waals surface area contributed by atoms with Gasteiger partial charge in [-0.15, -0.1) is 0 Å². The predicted molar refractivity (Wildman–Crippen MR) is 115 cm³/mol. The molecule has 2 aromatic carbocycles. The lowest BCUT2D eigenvalue weighted by molar-refractivity contribution is 0.0679. The van der Waals surface area contributed by atoms with Crippen molar-refractivity contribution in [2.45, 2.75) is 38.2 Å². The molecule has 2 amide bonds. The highest BCUT2D eigenvalue weighted by Crippen LogP contribution is 2.22. The van der Waals surface area contributed by atoms with Gasteiger partial charge in [0.05, 0.1) is 17.4 Å². The van der Waals surface area contributed by atoms with Crippen LogP contribution in [0.15, 0.2) is 48.5 Å². The Hall–Kier alpha value is -2.86. The van der Waals surface area contributed by atoms with Crippen molar-refractivity contribution in [3.05, 3.63) is 59.7 Å². The SMILES string of the molecule is O=C(Nc1ccccc1C(=O)N1CCCCC1)c1ccc(OC[C@H]2CCCO2)cc1. The number of ether oxygens (including phenoxy) is 2. The van der Waals surface area contributed by atoms with Crippen LogP contribution in [0.25, 0.3) is 0 Å². The van der Waals surface area contributed by atoms with Gasteiger partial charge in [-0.25, -0.2) is 0 Å². The molecule has 2 aliphatic heterocycles. The number of benzene rings is 2. The molecule has 2 saturated heterocycles. The van der Waals surface area contributed by atoms with Gasteiger partial charge < -0.3 is 19.7 Å². The number of hydrogen-bond acceptors (Lipinski definition) is 4. The van der Waals surface area contributed by atoms with E-state index in [4.69, 9.17) is 9.47 Å². The molecule has 158 valence electrons. The summed E-state index contributed by atoms with van der Waals surface area (Å²) in [5, 5.41) is 2.90. The van der Waals surface area contributed by atoms with Crippen LogP contribution in [0.1, 0.15) is 52.8 Å². The molecule has 0 spiro atoms. The number of hydrogen-bond donors (Lipinski definition) is 1. The fraction of sp³-hybridized carbons (Fsp3) is 0.417. The molecule has 4 rings (SSSR count). The Morgan fingerprint density at radius 2 is 1.77 bits per heavy atom. The van der Waals surface area contributed by atoms with Crippen LogP contribution in [-0.4, -0.2) is 49.1 Å². The van der Waals surface area contributed by atoms with Crippen LogP contribution >= 0.6 is 0 Å². The minimum atomic E-state index is -0.250. The van der Waals surface area contributed by atoms with Crippen LogP contribution in [-0.2, 0) is 4.74 Å². The molecule has 0 unspecified atom stereocenters. The van der Waals surface area contributed by atoms with Crippen molar-refractivity contribution in [1.82, 2.24) is 4.90 Å². The van der Waals surface area contributed by atoms with Gasteiger partial charge in [0.15, 0.2) is 0 Å². The summed E-state index contributed by atoms with van der Waals surface area (Å²) < 4.78 is 11.3. The van der Waals surface area contributed by atoms with Gasteiger partial charge in [-0.2, -0.15) is 0 Å². The van der Waals surface area contributed by atoms with Gasteiger partial charge in [-0.05, 0) is 68.5 Å². The van der Waals surface area contributed by atoms with E-state index in [9.17, 15) is 9.59 Å². The summed E-state index contributed by atoms with van der Waals surface area (Å²) in [5.41, 5.74) is 1.58. The Bertz CT molecular complexity index is 869. The molecule has 30 heavy (non-hydrogen) atoms. The summed E-state index contributed by atoms with van der Waals surface area (Å²) >= 11 is 0. The van der Waals surface area contributed by atoms with Gasteiger partial charge >= 0.3 is 0 Å². The van der Waals surface area contributed by atoms with Crippen LogP contribution in [0.4, 0.5) is 5.69 Å². The molecule has 0 saturated carbocycles. The van der Waals surface area contributed by atoms with Gasteiger partial charge in [0.25, 0.3) is 11.8 Å². The van der Waals surface area contributed by atoms with E-state index in [1.54, 1.807) is 36.4 Å². The smallest absolute Gasteiger partial charge is 0.255 e. The number of rotatable bonds is 6. The van der Waals surface area contributed by atoms with Crippen LogP contribution in [0.2, 0.25) is 0 Å². The third-order valence-electron chi connectivity index (χ3n) is 5.63. The maximum atomic E-state index is 12.9. The molecule has 2 fully saturated rings. The maximum absolute atomic E-state index is 12.9. The number of para-hydroxylation sites is 1. The summed E-state index contributed by atoms with van der Waals surface area (Å²) in [5.74, 6) is 0.436. The van der Waals surface area contributed by atoms with Crippen LogP contribution in [0.5, 0.6) is 5.75 Å². The number of piperidine rings is 1. The van der Waals surface area contributed by atoms with Crippen molar-refractivity contribution in [2.24, 2.45) is 0 Å². The quantitative estimate of drug-likeness (QED) is 0.781. The molecular formula is C24H28N2O4. The summed E-state index contributed by atoms with van der Waals surface area (Å²) in [6.07, 6.45) is 5.48. The first-order chi connectivity index (χ1) is 14.7. The van der Waals surface area contributed by atoms with Crippen molar-refractivity contribution in [3.63, 3.8) is 0 Å². The average Bonchev–Trinajstić information content (AvgIpc) is 3.32. The van der Waals surface area contributed by atoms with E-state index >= 15 is 0 Å². The van der Waals surface area contributed by atoms with Crippen molar-refractivity contribution in [3.8, 4) is 5.75 Å². The van der Waals surface area contributed by atoms with Gasteiger partial charge in [-0.3, -0.25) is 9.59 Å². The fourth-order valence-electron chi connectivity index (χ4n) is 3.91. The van der Waals surface area contributed by atoms with Gasteiger partial charge in [0.2, 0.25) is 0 Å². The molecule has 0 aliphatic carbocycles. The molecule has 2 aromatic rings. The summed E-state index contributed by atoms with van der Waals surface area (Å²) in [7, 11) is 0. The number of carbonyl (C=O) groups excluding carboxylic acids is 2. The lowest BCUT2D eigenvalue weighted by Gasteiger charge is -2.27. The van der Waals surface area contributed by atoms with Crippen LogP contribution in [0.3, 0.4) is 0 Å². The molecule has 1 N–H and O–H groups in total. The molecule has 6 nitrogen and oxygen atoms in total. The minimum Gasteiger partial charge on any atom is -0.491 e. The molecule has 6 heteroatoms. The van der Waals surface area contributed by atoms with E-state index in [1.807, 2.05) is 17.0 Å². The molecular weight excluding hydrogens is 380 g/mol. The third kappa shape index (κ3) is 5.00. The number of amides is 2. The Balaban J connectivity index is 1.39. The first kappa shape index (κ1) is 20.4. The number of likely N-dealkylation sites (tertiary alicyclic amines) is 1. The highest BCUT2D eigenvalue weighted by atomic mass is 16.5. The maximum Gasteiger partial charge on any atom is 0.255 e. The van der Waals surface area contributed by atoms with Gasteiger partial charge in [0.1, 0.15) is 12.4 Å². The number of nitrogens with zero attached hydrogens (tertiary/aromatic N) is 1. The largest absolute Gasteiger partial charge is 0.491 e. The molecule has 2 heterocycles. The van der Waals surface area contributed by atoms with E-state index < -0.39 is 0 Å². The second-order valence-electron chi connectivity index (χ2n) is 7.82. The Morgan fingerprint density at radius 1 is 1.00 bits per heavy atom. The van der Waals surface area contributed by atoms with E-state index in [1.165, 1.54) is 0 Å². The monoisotopic (exact) mass is 408 g/mol. The zero-order valence-corrected chi connectivity index (χ0v) is 17.1. The van der Waals surface area contributed by atoms with Crippen LogP contribution in [0, 0.1) is 0 Å². The second-order valence-corrected chi connectivity index (χ2v) is 7.82. The lowest BCUT2D eigenvalue weighted by Crippen LogP contribution is -2.36. The summed E-state index contributed by atoms with van der Waals surface area (Å²) in [6, 6.07) is 14.2. The van der Waals surface area contributed by atoms with E-state index in [-0.39, 0.29) is 17.9 Å². The standard InChI is InChI=1S/C24H28N2O4/c27-23(18-10-12-19(13-11-18)30-17-20-7-6-16-29-20)25-22-9-3-2-8-21(22)24(28)26-14-4-1-5-15-26/h2-3,8-13,20H,1,4-7,14-17H2,(H,25,27)/t20-/m1/s1. The van der Waals surface area contributed by atoms with Crippen molar-refractivity contribution >= 4 is 17.5 Å². The Labute approximate surface area is 177 Å². The van der Waals surface area contributed by atoms with Crippen LogP contribution < -0.4 is 10.1 Å². The Morgan fingerprint density at radius 3 is 2.50 bits per heavy atom. The number of anilines is 1. The fourth-order valence-corrected chi connectivity index (χ4v) is 3.91. The summed E-state index contributed by atoms with van der Waals surface area (Å²) in [6.45, 7) is 2.87. The number of nitrogens with one attached hydrogen (secondary N) is 1. The van der Waals surface area contributed by atoms with Crippen molar-refractivity contribution < 1.29 is 19.1 Å². The minimum absolute atomic E-state index is 0.0246. The van der Waals surface area contributed by atoms with E-state index in [2.05, 4.69) is 5.32 Å². The normalized spacial score (nSPS) is 18.8. The lowest BCUT2D eigenvalue weighted by atomic mass is 10.1. The zero-order valence-electron chi connectivity index (χ0n) is 17.1. The molecule has 0 radical (unpaired) electrons. The highest BCUT2D eigenvalue weighted by molar-refractivity contribution is 6.09. The first-order valence-corrected chi connectivity index (χ1v) is 10.7. The second kappa shape index (κ2) is 9.76. The van der Waals surface area contributed by atoms with Crippen molar-refractivity contribution in [1.29, 1.82) is 0 Å². The molecule has 0 aromatic heterocycles.